The molecule has 0 unspecified atom stereocenters. The average Bonchev–Trinajstić information content (AvgIpc) is 3.04. The van der Waals surface area contributed by atoms with Crippen LogP contribution in [0, 0.1) is 0 Å². The SMILES string of the molecule is CN(C(=O)c1cccc2[nH]cnc12)C1CC1. The Balaban J connectivity index is 2.04. The van der Waals surface area contributed by atoms with E-state index in [0.29, 0.717) is 11.6 Å². The van der Waals surface area contributed by atoms with Gasteiger partial charge < -0.3 is 9.88 Å². The predicted molar refractivity (Wildman–Crippen MR) is 61.2 cm³/mol. The van der Waals surface area contributed by atoms with Crippen molar-refractivity contribution in [3.05, 3.63) is 30.1 Å². The molecule has 0 bridgehead atoms. The molecule has 1 aliphatic rings. The first kappa shape index (κ1) is 9.39. The Morgan fingerprint density at radius 2 is 2.31 bits per heavy atom. The lowest BCUT2D eigenvalue weighted by atomic mass is 10.1. The van der Waals surface area contributed by atoms with Crippen LogP contribution in [0.2, 0.25) is 0 Å². The molecule has 4 heteroatoms. The lowest BCUT2D eigenvalue weighted by Crippen LogP contribution is -2.28. The molecule has 1 N–H and O–H groups in total. The van der Waals surface area contributed by atoms with E-state index in [2.05, 4.69) is 9.97 Å². The Morgan fingerprint density at radius 3 is 3.06 bits per heavy atom. The summed E-state index contributed by atoms with van der Waals surface area (Å²) < 4.78 is 0. The summed E-state index contributed by atoms with van der Waals surface area (Å²) in [7, 11) is 1.87. The Hall–Kier alpha value is -1.84. The number of amides is 1. The van der Waals surface area contributed by atoms with Crippen LogP contribution in [0.3, 0.4) is 0 Å². The van der Waals surface area contributed by atoms with Gasteiger partial charge in [-0.1, -0.05) is 6.07 Å². The number of H-pyrrole nitrogens is 1. The maximum absolute atomic E-state index is 12.2. The summed E-state index contributed by atoms with van der Waals surface area (Å²) >= 11 is 0. The lowest BCUT2D eigenvalue weighted by molar-refractivity contribution is 0.0787. The third kappa shape index (κ3) is 1.38. The molecule has 0 atom stereocenters. The first-order valence-electron chi connectivity index (χ1n) is 5.46. The van der Waals surface area contributed by atoms with Crippen LogP contribution < -0.4 is 0 Å². The number of para-hydroxylation sites is 1. The van der Waals surface area contributed by atoms with Crippen molar-refractivity contribution in [3.63, 3.8) is 0 Å². The number of imidazole rings is 1. The van der Waals surface area contributed by atoms with Crippen molar-refractivity contribution in [3.8, 4) is 0 Å². The first-order valence-corrected chi connectivity index (χ1v) is 5.46. The van der Waals surface area contributed by atoms with E-state index < -0.39 is 0 Å². The van der Waals surface area contributed by atoms with Gasteiger partial charge in [0.05, 0.1) is 17.4 Å². The van der Waals surface area contributed by atoms with E-state index in [9.17, 15) is 4.79 Å². The van der Waals surface area contributed by atoms with E-state index >= 15 is 0 Å². The molecule has 0 radical (unpaired) electrons. The van der Waals surface area contributed by atoms with Gasteiger partial charge in [-0.15, -0.1) is 0 Å². The number of nitrogens with one attached hydrogen (secondary N) is 1. The number of hydrogen-bond donors (Lipinski definition) is 1. The van der Waals surface area contributed by atoms with Crippen molar-refractivity contribution in [1.29, 1.82) is 0 Å². The summed E-state index contributed by atoms with van der Waals surface area (Å²) in [5, 5.41) is 0. The topological polar surface area (TPSA) is 49.0 Å². The normalized spacial score (nSPS) is 15.3. The number of carbonyl (C=O) groups is 1. The van der Waals surface area contributed by atoms with Crippen LogP contribution >= 0.6 is 0 Å². The molecule has 1 fully saturated rings. The van der Waals surface area contributed by atoms with Crippen molar-refractivity contribution in [2.24, 2.45) is 0 Å². The maximum atomic E-state index is 12.2. The highest BCUT2D eigenvalue weighted by molar-refractivity contribution is 6.04. The zero-order chi connectivity index (χ0) is 11.1. The van der Waals surface area contributed by atoms with Gasteiger partial charge in [-0.05, 0) is 25.0 Å². The summed E-state index contributed by atoms with van der Waals surface area (Å²) in [6.07, 6.45) is 3.87. The van der Waals surface area contributed by atoms with Gasteiger partial charge in [0, 0.05) is 13.1 Å². The van der Waals surface area contributed by atoms with Gasteiger partial charge in [-0.25, -0.2) is 4.98 Å². The monoisotopic (exact) mass is 215 g/mol. The first-order chi connectivity index (χ1) is 7.77. The second-order valence-corrected chi connectivity index (χ2v) is 4.25. The molecular formula is C12H13N3O. The molecule has 1 saturated carbocycles. The van der Waals surface area contributed by atoms with Crippen molar-refractivity contribution in [1.82, 2.24) is 14.9 Å². The Morgan fingerprint density at radius 1 is 1.50 bits per heavy atom. The second kappa shape index (κ2) is 3.33. The number of benzene rings is 1. The predicted octanol–water partition coefficient (Wildman–Crippen LogP) is 1.80. The standard InChI is InChI=1S/C12H13N3O/c1-15(8-5-6-8)12(16)9-3-2-4-10-11(9)14-7-13-10/h2-4,7-8H,5-6H2,1H3,(H,13,14). The van der Waals surface area contributed by atoms with E-state index in [0.717, 1.165) is 23.9 Å². The van der Waals surface area contributed by atoms with Gasteiger partial charge in [-0.3, -0.25) is 4.79 Å². The van der Waals surface area contributed by atoms with Crippen molar-refractivity contribution >= 4 is 16.9 Å². The number of aromatic amines is 1. The maximum Gasteiger partial charge on any atom is 0.256 e. The summed E-state index contributed by atoms with van der Waals surface area (Å²) in [6.45, 7) is 0. The molecule has 0 spiro atoms. The van der Waals surface area contributed by atoms with Gasteiger partial charge >= 0.3 is 0 Å². The third-order valence-electron chi connectivity index (χ3n) is 3.10. The highest BCUT2D eigenvalue weighted by Crippen LogP contribution is 2.27. The Kier molecular flexibility index (Phi) is 1.96. The minimum absolute atomic E-state index is 0.0696. The zero-order valence-corrected chi connectivity index (χ0v) is 9.10. The minimum atomic E-state index is 0.0696. The number of nitrogens with zero attached hydrogens (tertiary/aromatic N) is 2. The summed E-state index contributed by atoms with van der Waals surface area (Å²) in [6, 6.07) is 6.08. The van der Waals surface area contributed by atoms with Crippen molar-refractivity contribution in [2.75, 3.05) is 7.05 Å². The van der Waals surface area contributed by atoms with Crippen LogP contribution in [0.15, 0.2) is 24.5 Å². The number of hydrogen-bond acceptors (Lipinski definition) is 2. The summed E-state index contributed by atoms with van der Waals surface area (Å²) in [5.74, 6) is 0.0696. The van der Waals surface area contributed by atoms with Crippen LogP contribution in [-0.2, 0) is 0 Å². The van der Waals surface area contributed by atoms with Gasteiger partial charge in [0.2, 0.25) is 0 Å². The fourth-order valence-corrected chi connectivity index (χ4v) is 1.96. The lowest BCUT2D eigenvalue weighted by Gasteiger charge is -2.16. The van der Waals surface area contributed by atoms with Crippen LogP contribution in [0.5, 0.6) is 0 Å². The molecule has 1 aliphatic carbocycles. The average molecular weight is 215 g/mol. The molecule has 4 nitrogen and oxygen atoms in total. The fraction of sp³-hybridized carbons (Fsp3) is 0.333. The minimum Gasteiger partial charge on any atom is -0.345 e. The summed E-state index contributed by atoms with van der Waals surface area (Å²) in [4.78, 5) is 21.2. The van der Waals surface area contributed by atoms with Gasteiger partial charge in [0.1, 0.15) is 5.52 Å². The third-order valence-corrected chi connectivity index (χ3v) is 3.10. The molecule has 2 aromatic rings. The largest absolute Gasteiger partial charge is 0.345 e. The molecule has 82 valence electrons. The van der Waals surface area contributed by atoms with Crippen molar-refractivity contribution in [2.45, 2.75) is 18.9 Å². The van der Waals surface area contributed by atoms with E-state index in [1.807, 2.05) is 30.1 Å². The molecule has 0 aliphatic heterocycles. The molecule has 1 heterocycles. The van der Waals surface area contributed by atoms with Crippen molar-refractivity contribution < 1.29 is 4.79 Å². The molecular weight excluding hydrogens is 202 g/mol. The fourth-order valence-electron chi connectivity index (χ4n) is 1.96. The molecule has 1 amide bonds. The van der Waals surface area contributed by atoms with Crippen LogP contribution in [0.4, 0.5) is 0 Å². The molecule has 0 saturated heterocycles. The Bertz CT molecular complexity index is 542. The molecule has 3 rings (SSSR count). The van der Waals surface area contributed by atoms with E-state index in [-0.39, 0.29) is 5.91 Å². The number of rotatable bonds is 2. The Labute approximate surface area is 93.3 Å². The highest BCUT2D eigenvalue weighted by atomic mass is 16.2. The van der Waals surface area contributed by atoms with Crippen LogP contribution in [-0.4, -0.2) is 33.9 Å². The highest BCUT2D eigenvalue weighted by Gasteiger charge is 2.30. The number of aromatic nitrogens is 2. The van der Waals surface area contributed by atoms with Gasteiger partial charge in [-0.2, -0.15) is 0 Å². The van der Waals surface area contributed by atoms with Gasteiger partial charge in [0.15, 0.2) is 0 Å². The summed E-state index contributed by atoms with van der Waals surface area (Å²) in [5.41, 5.74) is 2.36. The quantitative estimate of drug-likeness (QED) is 0.830. The second-order valence-electron chi connectivity index (χ2n) is 4.25. The van der Waals surface area contributed by atoms with Crippen LogP contribution in [0.25, 0.3) is 11.0 Å². The molecule has 1 aromatic carbocycles. The molecule has 16 heavy (non-hydrogen) atoms. The van der Waals surface area contributed by atoms with E-state index in [1.165, 1.54) is 0 Å². The number of fused-ring (bicyclic) bond motifs is 1. The number of carbonyl (C=O) groups excluding carboxylic acids is 1. The smallest absolute Gasteiger partial charge is 0.256 e. The molecule has 1 aromatic heterocycles. The van der Waals surface area contributed by atoms with E-state index in [1.54, 1.807) is 6.33 Å². The zero-order valence-electron chi connectivity index (χ0n) is 9.10. The van der Waals surface area contributed by atoms with E-state index in [4.69, 9.17) is 0 Å². The van der Waals surface area contributed by atoms with Crippen LogP contribution in [0.1, 0.15) is 23.2 Å². The van der Waals surface area contributed by atoms with Gasteiger partial charge in [0.25, 0.3) is 5.91 Å².